The van der Waals surface area contributed by atoms with Crippen molar-refractivity contribution in [3.63, 3.8) is 0 Å². The summed E-state index contributed by atoms with van der Waals surface area (Å²) in [5.74, 6) is -0.0802. The van der Waals surface area contributed by atoms with Crippen molar-refractivity contribution in [1.29, 1.82) is 0 Å². The van der Waals surface area contributed by atoms with E-state index in [-0.39, 0.29) is 24.6 Å². The molecule has 0 saturated carbocycles. The number of fused-ring (bicyclic) bond motifs is 1. The van der Waals surface area contributed by atoms with Crippen molar-refractivity contribution >= 4 is 52.6 Å². The summed E-state index contributed by atoms with van der Waals surface area (Å²) in [4.78, 5) is 7.15. The molecule has 1 aliphatic rings. The first-order valence-electron chi connectivity index (χ1n) is 9.01. The fourth-order valence-corrected chi connectivity index (χ4v) is 6.68. The van der Waals surface area contributed by atoms with Crippen LogP contribution >= 0.6 is 11.3 Å². The summed E-state index contributed by atoms with van der Waals surface area (Å²) in [6.45, 7) is -0.850. The Morgan fingerprint density at radius 3 is 2.56 bits per heavy atom. The quantitative estimate of drug-likeness (QED) is 0.368. The molecular weight excluding hydrogens is 478 g/mol. The zero-order chi connectivity index (χ0) is 23.1. The first-order chi connectivity index (χ1) is 15.1. The molecule has 0 unspecified atom stereocenters. The van der Waals surface area contributed by atoms with Gasteiger partial charge in [0.05, 0.1) is 22.4 Å². The number of aliphatic imine (C=N–C) groups is 1. The van der Waals surface area contributed by atoms with Crippen molar-refractivity contribution < 1.29 is 21.9 Å². The van der Waals surface area contributed by atoms with E-state index in [4.69, 9.17) is 16.0 Å². The lowest BCUT2D eigenvalue weighted by molar-refractivity contribution is 0.301. The fraction of sp³-hybridized carbons (Fsp3) is 0.176. The van der Waals surface area contributed by atoms with Crippen molar-refractivity contribution in [3.8, 4) is 11.1 Å². The number of nitrogens with two attached hydrogens (primary N) is 2. The van der Waals surface area contributed by atoms with Crippen LogP contribution < -0.4 is 15.6 Å². The number of hydrogen-bond donors (Lipinski definition) is 4. The summed E-state index contributed by atoms with van der Waals surface area (Å²) in [5.41, 5.74) is 7.03. The molecule has 0 bridgehead atoms. The molecule has 15 heteroatoms. The van der Waals surface area contributed by atoms with Crippen molar-refractivity contribution in [1.82, 2.24) is 9.71 Å². The number of thiazole rings is 1. The highest BCUT2D eigenvalue weighted by Gasteiger charge is 2.33. The molecule has 12 nitrogen and oxygen atoms in total. The van der Waals surface area contributed by atoms with E-state index < -0.39 is 36.4 Å². The molecule has 3 aromatic rings. The molecule has 0 aliphatic carbocycles. The number of sulfonamides is 2. The van der Waals surface area contributed by atoms with E-state index in [2.05, 4.69) is 24.9 Å². The van der Waals surface area contributed by atoms with E-state index >= 15 is 0 Å². The van der Waals surface area contributed by atoms with Crippen LogP contribution in [-0.4, -0.2) is 52.6 Å². The smallest absolute Gasteiger partial charge is 0.242 e. The van der Waals surface area contributed by atoms with Gasteiger partial charge in [0, 0.05) is 12.1 Å². The van der Waals surface area contributed by atoms with E-state index in [1.807, 2.05) is 0 Å². The lowest BCUT2D eigenvalue weighted by atomic mass is 9.98. The maximum absolute atomic E-state index is 12.8. The number of aromatic nitrogens is 1. The number of hydrogen-bond acceptors (Lipinski definition) is 11. The van der Waals surface area contributed by atoms with Gasteiger partial charge in [0.1, 0.15) is 9.79 Å². The van der Waals surface area contributed by atoms with Crippen LogP contribution in [-0.2, 0) is 20.0 Å². The lowest BCUT2D eigenvalue weighted by Gasteiger charge is -2.17. The van der Waals surface area contributed by atoms with E-state index in [0.717, 1.165) is 10.8 Å². The van der Waals surface area contributed by atoms with Crippen LogP contribution in [0.3, 0.4) is 0 Å². The second-order valence-corrected chi connectivity index (χ2v) is 10.8. The van der Waals surface area contributed by atoms with Crippen LogP contribution in [0, 0.1) is 0 Å². The minimum atomic E-state index is -4.59. The predicted octanol–water partition coefficient (Wildman–Crippen LogP) is 0.633. The average Bonchev–Trinajstić information content (AvgIpc) is 3.39. The summed E-state index contributed by atoms with van der Waals surface area (Å²) in [6, 6.07) is 7.79. The third-order valence-electron chi connectivity index (χ3n) is 4.50. The molecule has 4 rings (SSSR count). The van der Waals surface area contributed by atoms with Crippen molar-refractivity contribution in [2.45, 2.75) is 9.79 Å². The number of anilines is 1. The molecule has 0 spiro atoms. The van der Waals surface area contributed by atoms with Gasteiger partial charge in [0.15, 0.2) is 17.6 Å². The van der Waals surface area contributed by atoms with Gasteiger partial charge >= 0.3 is 0 Å². The molecule has 32 heavy (non-hydrogen) atoms. The maximum atomic E-state index is 12.8. The van der Waals surface area contributed by atoms with Crippen molar-refractivity contribution in [2.24, 2.45) is 20.4 Å². The first kappa shape index (κ1) is 22.4. The van der Waals surface area contributed by atoms with Gasteiger partial charge in [-0.15, -0.1) is 5.11 Å². The van der Waals surface area contributed by atoms with Gasteiger partial charge in [0.2, 0.25) is 20.0 Å². The minimum Gasteiger partial charge on any atom is -0.395 e. The Labute approximate surface area is 186 Å². The predicted molar refractivity (Wildman–Crippen MR) is 119 cm³/mol. The Kier molecular flexibility index (Phi) is 5.78. The van der Waals surface area contributed by atoms with Gasteiger partial charge in [-0.05, 0) is 17.7 Å². The Balaban J connectivity index is 2.12. The summed E-state index contributed by atoms with van der Waals surface area (Å²) < 4.78 is 53.9. The number of azo groups is 1. The summed E-state index contributed by atoms with van der Waals surface area (Å²) in [6.07, 6.45) is 0. The van der Waals surface area contributed by atoms with E-state index in [0.29, 0.717) is 21.8 Å². The Morgan fingerprint density at radius 1 is 1.12 bits per heavy atom. The third kappa shape index (κ3) is 4.01. The molecule has 6 N–H and O–H groups in total. The molecule has 0 fully saturated rings. The number of nitrogens with zero attached hydrogens (tertiary/aromatic N) is 4. The number of primary sulfonamides is 1. The number of nitrogen functional groups attached to an aromatic ring is 1. The molecule has 2 aromatic carbocycles. The number of amidine groups is 1. The number of aliphatic hydroxyl groups is 1. The monoisotopic (exact) mass is 495 g/mol. The van der Waals surface area contributed by atoms with Crippen LogP contribution in [0.4, 0.5) is 5.13 Å². The second kappa shape index (κ2) is 8.27. The van der Waals surface area contributed by atoms with Gasteiger partial charge in [-0.1, -0.05) is 29.5 Å². The molecule has 0 saturated heterocycles. The fourth-order valence-electron chi connectivity index (χ4n) is 3.30. The van der Waals surface area contributed by atoms with Gasteiger partial charge in [-0.3, -0.25) is 0 Å². The molecule has 1 aliphatic heterocycles. The molecular formula is C17H17N7O5S3. The third-order valence-corrected chi connectivity index (χ3v) is 7.97. The van der Waals surface area contributed by atoms with Gasteiger partial charge in [-0.2, -0.15) is 5.11 Å². The minimum absolute atomic E-state index is 0.0492. The number of benzene rings is 2. The van der Waals surface area contributed by atoms with Crippen LogP contribution in [0.15, 0.2) is 55.3 Å². The van der Waals surface area contributed by atoms with Crippen molar-refractivity contribution in [3.05, 3.63) is 35.9 Å². The molecule has 168 valence electrons. The standard InChI is InChI=1S/C17H17N7O5S3/c18-17-23-14-10(2-1-3-11(14)30-17)9-4-5-12(32(28,29)22-6-7-25)15(31(19,26)27)13(9)16-20-8-21-24-16/h1-5,22,25H,6-8H2,(H2,18,23)(H2,19,26,27). The molecule has 2 heterocycles. The van der Waals surface area contributed by atoms with Crippen LogP contribution in [0.5, 0.6) is 0 Å². The Morgan fingerprint density at radius 2 is 1.91 bits per heavy atom. The first-order valence-corrected chi connectivity index (χ1v) is 12.9. The summed E-state index contributed by atoms with van der Waals surface area (Å²) >= 11 is 1.25. The SMILES string of the molecule is Nc1nc2c(-c3ccc(S(=O)(=O)NCCO)c(S(N)(=O)=O)c3C3=NCN=N3)cccc2s1. The number of para-hydroxylation sites is 1. The highest BCUT2D eigenvalue weighted by atomic mass is 32.2. The zero-order valence-corrected chi connectivity index (χ0v) is 18.7. The second-order valence-electron chi connectivity index (χ2n) is 6.55. The van der Waals surface area contributed by atoms with E-state index in [1.54, 1.807) is 18.2 Å². The Hall–Kier alpha value is -2.82. The highest BCUT2D eigenvalue weighted by Crippen LogP contribution is 2.39. The van der Waals surface area contributed by atoms with Crippen LogP contribution in [0.25, 0.3) is 21.3 Å². The normalized spacial score (nSPS) is 14.2. The molecule has 0 radical (unpaired) electrons. The van der Waals surface area contributed by atoms with Crippen molar-refractivity contribution in [2.75, 3.05) is 25.6 Å². The van der Waals surface area contributed by atoms with E-state index in [9.17, 15) is 16.8 Å². The van der Waals surface area contributed by atoms with Crippen LogP contribution in [0.2, 0.25) is 0 Å². The van der Waals surface area contributed by atoms with Gasteiger partial charge < -0.3 is 10.8 Å². The Bertz CT molecular complexity index is 1490. The molecule has 0 amide bonds. The highest BCUT2D eigenvalue weighted by molar-refractivity contribution is 7.92. The molecule has 0 atom stereocenters. The van der Waals surface area contributed by atoms with E-state index in [1.165, 1.54) is 17.4 Å². The van der Waals surface area contributed by atoms with Gasteiger partial charge in [-0.25, -0.2) is 36.7 Å². The lowest BCUT2D eigenvalue weighted by Crippen LogP contribution is -2.30. The largest absolute Gasteiger partial charge is 0.395 e. The van der Waals surface area contributed by atoms with Gasteiger partial charge in [0.25, 0.3) is 0 Å². The number of rotatable bonds is 7. The zero-order valence-electron chi connectivity index (χ0n) is 16.3. The molecule has 1 aromatic heterocycles. The summed E-state index contributed by atoms with van der Waals surface area (Å²) in [5, 5.41) is 22.4. The summed E-state index contributed by atoms with van der Waals surface area (Å²) in [7, 11) is -8.95. The average molecular weight is 496 g/mol. The maximum Gasteiger partial charge on any atom is 0.242 e. The van der Waals surface area contributed by atoms with Crippen LogP contribution in [0.1, 0.15) is 5.56 Å². The topological polar surface area (TPSA) is 203 Å². The number of nitrogens with one attached hydrogen (secondary N) is 1. The number of aliphatic hydroxyl groups excluding tert-OH is 1.